The highest BCUT2D eigenvalue weighted by Gasteiger charge is 2.31. The third kappa shape index (κ3) is 5.77. The van der Waals surface area contributed by atoms with Crippen LogP contribution in [0.15, 0.2) is 59.4 Å². The first-order chi connectivity index (χ1) is 16.1. The molecule has 8 nitrogen and oxygen atoms in total. The maximum Gasteiger partial charge on any atom is 0.287 e. The van der Waals surface area contributed by atoms with Gasteiger partial charge in [-0.3, -0.25) is 14.6 Å². The number of hydrogen-bond acceptors (Lipinski definition) is 6. The SMILES string of the molecule is CNC(=O)[C@@H](NC(=O)c1ccc(-c2ccc(OCc3ccncc3)cn2)o1)C1CCCCC1. The molecule has 172 valence electrons. The van der Waals surface area contributed by atoms with Crippen LogP contribution in [0.1, 0.15) is 48.2 Å². The van der Waals surface area contributed by atoms with E-state index >= 15 is 0 Å². The fourth-order valence-corrected chi connectivity index (χ4v) is 4.09. The minimum absolute atomic E-state index is 0.137. The van der Waals surface area contributed by atoms with Crippen molar-refractivity contribution >= 4 is 11.8 Å². The van der Waals surface area contributed by atoms with E-state index in [-0.39, 0.29) is 17.6 Å². The zero-order chi connectivity index (χ0) is 23.0. The summed E-state index contributed by atoms with van der Waals surface area (Å²) in [5.41, 5.74) is 1.60. The van der Waals surface area contributed by atoms with Crippen molar-refractivity contribution in [3.8, 4) is 17.2 Å². The summed E-state index contributed by atoms with van der Waals surface area (Å²) in [5.74, 6) is 0.799. The summed E-state index contributed by atoms with van der Waals surface area (Å²) in [7, 11) is 1.59. The average Bonchev–Trinajstić information content (AvgIpc) is 3.37. The van der Waals surface area contributed by atoms with Crippen molar-refractivity contribution < 1.29 is 18.7 Å². The quantitative estimate of drug-likeness (QED) is 0.544. The second-order valence-corrected chi connectivity index (χ2v) is 8.15. The van der Waals surface area contributed by atoms with E-state index in [1.54, 1.807) is 49.9 Å². The topological polar surface area (TPSA) is 106 Å². The summed E-state index contributed by atoms with van der Waals surface area (Å²) >= 11 is 0. The molecule has 0 aromatic carbocycles. The molecule has 2 N–H and O–H groups in total. The molecule has 3 aromatic heterocycles. The number of ether oxygens (including phenoxy) is 1. The number of nitrogens with zero attached hydrogens (tertiary/aromatic N) is 2. The van der Waals surface area contributed by atoms with Crippen molar-refractivity contribution in [2.24, 2.45) is 5.92 Å². The lowest BCUT2D eigenvalue weighted by atomic mass is 9.83. The molecule has 1 aliphatic rings. The molecule has 33 heavy (non-hydrogen) atoms. The van der Waals surface area contributed by atoms with Gasteiger partial charge in [-0.05, 0) is 60.7 Å². The van der Waals surface area contributed by atoms with Gasteiger partial charge in [0.05, 0.1) is 6.20 Å². The largest absolute Gasteiger partial charge is 0.487 e. The number of rotatable bonds is 8. The predicted octanol–water partition coefficient (Wildman–Crippen LogP) is 3.74. The van der Waals surface area contributed by atoms with E-state index in [9.17, 15) is 9.59 Å². The first kappa shape index (κ1) is 22.5. The summed E-state index contributed by atoms with van der Waals surface area (Å²) in [6.07, 6.45) is 10.2. The summed E-state index contributed by atoms with van der Waals surface area (Å²) in [5, 5.41) is 5.54. The van der Waals surface area contributed by atoms with Crippen molar-refractivity contribution in [3.05, 3.63) is 66.3 Å². The Morgan fingerprint density at radius 3 is 2.58 bits per heavy atom. The molecule has 0 aliphatic heterocycles. The molecule has 0 bridgehead atoms. The maximum absolute atomic E-state index is 12.8. The highest BCUT2D eigenvalue weighted by Crippen LogP contribution is 2.27. The van der Waals surface area contributed by atoms with Crippen molar-refractivity contribution in [3.63, 3.8) is 0 Å². The molecule has 4 rings (SSSR count). The van der Waals surface area contributed by atoms with Crippen LogP contribution in [0.2, 0.25) is 0 Å². The molecule has 1 aliphatic carbocycles. The highest BCUT2D eigenvalue weighted by atomic mass is 16.5. The smallest absolute Gasteiger partial charge is 0.287 e. The van der Waals surface area contributed by atoms with Crippen molar-refractivity contribution in [2.75, 3.05) is 7.05 Å². The van der Waals surface area contributed by atoms with Crippen LogP contribution in [0, 0.1) is 5.92 Å². The molecule has 0 radical (unpaired) electrons. The van der Waals surface area contributed by atoms with Crippen molar-refractivity contribution in [1.29, 1.82) is 0 Å². The fraction of sp³-hybridized carbons (Fsp3) is 0.360. The Bertz CT molecular complexity index is 1060. The molecule has 0 saturated heterocycles. The normalized spacial score (nSPS) is 14.9. The van der Waals surface area contributed by atoms with Gasteiger partial charge in [0, 0.05) is 19.4 Å². The van der Waals surface area contributed by atoms with Crippen LogP contribution in [-0.4, -0.2) is 34.9 Å². The highest BCUT2D eigenvalue weighted by molar-refractivity contribution is 5.96. The number of pyridine rings is 2. The van der Waals surface area contributed by atoms with Crippen LogP contribution >= 0.6 is 0 Å². The number of likely N-dealkylation sites (N-methyl/N-ethyl adjacent to an activating group) is 1. The third-order valence-electron chi connectivity index (χ3n) is 5.91. The zero-order valence-corrected chi connectivity index (χ0v) is 18.6. The lowest BCUT2D eigenvalue weighted by Gasteiger charge is -2.29. The van der Waals surface area contributed by atoms with Gasteiger partial charge in [-0.2, -0.15) is 0 Å². The van der Waals surface area contributed by atoms with Gasteiger partial charge < -0.3 is 19.8 Å². The number of carbonyl (C=O) groups excluding carboxylic acids is 2. The molecule has 2 amide bonds. The minimum Gasteiger partial charge on any atom is -0.487 e. The van der Waals surface area contributed by atoms with Gasteiger partial charge in [0.15, 0.2) is 11.5 Å². The Morgan fingerprint density at radius 2 is 1.88 bits per heavy atom. The second-order valence-electron chi connectivity index (χ2n) is 8.15. The Morgan fingerprint density at radius 1 is 1.09 bits per heavy atom. The lowest BCUT2D eigenvalue weighted by Crippen LogP contribution is -2.50. The third-order valence-corrected chi connectivity index (χ3v) is 5.91. The molecule has 3 heterocycles. The molecule has 1 fully saturated rings. The fourth-order valence-electron chi connectivity index (χ4n) is 4.09. The van der Waals surface area contributed by atoms with Crippen LogP contribution < -0.4 is 15.4 Å². The van der Waals surface area contributed by atoms with E-state index in [0.717, 1.165) is 31.2 Å². The lowest BCUT2D eigenvalue weighted by molar-refractivity contribution is -0.124. The van der Waals surface area contributed by atoms with Crippen molar-refractivity contribution in [2.45, 2.75) is 44.8 Å². The number of amides is 2. The number of nitrogens with one attached hydrogen (secondary N) is 2. The van der Waals surface area contributed by atoms with E-state index in [0.29, 0.717) is 23.8 Å². The molecule has 0 unspecified atom stereocenters. The minimum atomic E-state index is -0.564. The molecule has 1 atom stereocenters. The molecule has 3 aromatic rings. The van der Waals surface area contributed by atoms with Gasteiger partial charge >= 0.3 is 0 Å². The van der Waals surface area contributed by atoms with Crippen LogP contribution in [-0.2, 0) is 11.4 Å². The monoisotopic (exact) mass is 448 g/mol. The Hall–Kier alpha value is -3.68. The molecular formula is C25H28N4O4. The van der Waals surface area contributed by atoms with E-state index in [4.69, 9.17) is 9.15 Å². The summed E-state index contributed by atoms with van der Waals surface area (Å²) in [6, 6.07) is 10.1. The Kier molecular flexibility index (Phi) is 7.34. The maximum atomic E-state index is 12.8. The van der Waals surface area contributed by atoms with E-state index < -0.39 is 11.9 Å². The molecular weight excluding hydrogens is 420 g/mol. The van der Waals surface area contributed by atoms with Gasteiger partial charge in [0.25, 0.3) is 5.91 Å². The number of aromatic nitrogens is 2. The first-order valence-corrected chi connectivity index (χ1v) is 11.2. The molecule has 8 heteroatoms. The van der Waals surface area contributed by atoms with Crippen molar-refractivity contribution in [1.82, 2.24) is 20.6 Å². The number of furan rings is 1. The van der Waals surface area contributed by atoms with Crippen LogP contribution in [0.5, 0.6) is 5.75 Å². The van der Waals surface area contributed by atoms with Crippen LogP contribution in [0.25, 0.3) is 11.5 Å². The number of hydrogen-bond donors (Lipinski definition) is 2. The van der Waals surface area contributed by atoms with Gasteiger partial charge in [-0.25, -0.2) is 4.98 Å². The van der Waals surface area contributed by atoms with Gasteiger partial charge in [-0.15, -0.1) is 0 Å². The standard InChI is InChI=1S/C25H28N4O4/c1-26-25(31)23(18-5-3-2-4-6-18)29-24(30)22-10-9-21(33-22)20-8-7-19(15-28-20)32-16-17-11-13-27-14-12-17/h7-15,18,23H,2-6,16H2,1H3,(H,26,31)(H,29,30)/t23-/m0/s1. The molecule has 0 spiro atoms. The summed E-state index contributed by atoms with van der Waals surface area (Å²) < 4.78 is 11.5. The van der Waals surface area contributed by atoms with Gasteiger partial charge in [0.1, 0.15) is 24.1 Å². The average molecular weight is 449 g/mol. The van der Waals surface area contributed by atoms with E-state index in [1.165, 1.54) is 6.42 Å². The van der Waals surface area contributed by atoms with Crippen LogP contribution in [0.4, 0.5) is 0 Å². The van der Waals surface area contributed by atoms with Crippen LogP contribution in [0.3, 0.4) is 0 Å². The summed E-state index contributed by atoms with van der Waals surface area (Å²) in [6.45, 7) is 0.419. The van der Waals surface area contributed by atoms with E-state index in [2.05, 4.69) is 20.6 Å². The first-order valence-electron chi connectivity index (χ1n) is 11.2. The summed E-state index contributed by atoms with van der Waals surface area (Å²) in [4.78, 5) is 33.6. The van der Waals surface area contributed by atoms with Gasteiger partial charge in [-0.1, -0.05) is 19.3 Å². The number of carbonyl (C=O) groups is 2. The van der Waals surface area contributed by atoms with Gasteiger partial charge in [0.2, 0.25) is 5.91 Å². The van der Waals surface area contributed by atoms with E-state index in [1.807, 2.05) is 12.1 Å². The molecule has 1 saturated carbocycles. The second kappa shape index (κ2) is 10.8. The zero-order valence-electron chi connectivity index (χ0n) is 18.6. The Labute approximate surface area is 192 Å². The Balaban J connectivity index is 1.39. The predicted molar refractivity (Wildman–Crippen MR) is 122 cm³/mol.